The summed E-state index contributed by atoms with van der Waals surface area (Å²) in [4.78, 5) is 0. The van der Waals surface area contributed by atoms with Crippen molar-refractivity contribution in [2.24, 2.45) is 0 Å². The van der Waals surface area contributed by atoms with Gasteiger partial charge in [0, 0.05) is 0 Å². The normalized spacial score (nSPS) is 12.5. The molecule has 2 aromatic heterocycles. The summed E-state index contributed by atoms with van der Waals surface area (Å²) in [5, 5.41) is 0. The molecule has 0 bridgehead atoms. The number of nitrogens with zero attached hydrogens (tertiary/aromatic N) is 2. The van der Waals surface area contributed by atoms with Gasteiger partial charge < -0.3 is 0 Å². The van der Waals surface area contributed by atoms with Crippen molar-refractivity contribution in [2.45, 2.75) is 20.4 Å². The summed E-state index contributed by atoms with van der Waals surface area (Å²) in [6.07, 6.45) is 8.62. The molecule has 0 radical (unpaired) electrons. The van der Waals surface area contributed by atoms with Gasteiger partial charge in [0.25, 0.3) is 0 Å². The molecule has 0 aromatic carbocycles. The van der Waals surface area contributed by atoms with Crippen LogP contribution in [0.2, 0.25) is 6.55 Å². The first-order valence-electron chi connectivity index (χ1n) is 5.83. The topological polar surface area (TPSA) is 7.76 Å². The Hall–Kier alpha value is -1.00. The fourth-order valence-electron chi connectivity index (χ4n) is 1.81. The molecule has 17 heavy (non-hydrogen) atoms. The predicted molar refractivity (Wildman–Crippen MR) is 75.5 cm³/mol. The molecule has 2 aromatic rings. The Morgan fingerprint density at radius 1 is 0.824 bits per heavy atom. The van der Waals surface area contributed by atoms with Gasteiger partial charge >= 0.3 is 111 Å². The predicted octanol–water partition coefficient (Wildman–Crippen LogP) is 1.97. The van der Waals surface area contributed by atoms with Crippen LogP contribution in [0.25, 0.3) is 0 Å². The van der Waals surface area contributed by atoms with Crippen LogP contribution in [-0.2, 0) is 0 Å². The molecule has 0 saturated heterocycles. The van der Waals surface area contributed by atoms with Gasteiger partial charge in [-0.25, -0.2) is 0 Å². The molecular formula is C13H18BrN2Si+. The molecular weight excluding hydrogens is 292 g/mol. The Morgan fingerprint density at radius 3 is 1.41 bits per heavy atom. The van der Waals surface area contributed by atoms with Crippen LogP contribution in [0, 0.1) is 13.8 Å². The zero-order valence-corrected chi connectivity index (χ0v) is 13.2. The van der Waals surface area contributed by atoms with Crippen LogP contribution in [0.3, 0.4) is 0 Å². The van der Waals surface area contributed by atoms with E-state index in [4.69, 9.17) is 0 Å². The molecule has 4 heteroatoms. The Morgan fingerprint density at radius 2 is 1.12 bits per heavy atom. The second kappa shape index (κ2) is 4.70. The van der Waals surface area contributed by atoms with E-state index in [1.807, 2.05) is 0 Å². The molecule has 0 aliphatic heterocycles. The summed E-state index contributed by atoms with van der Waals surface area (Å²) in [6.45, 7) is 6.51. The van der Waals surface area contributed by atoms with Crippen LogP contribution >= 0.6 is 15.3 Å². The van der Waals surface area contributed by atoms with Gasteiger partial charge in [0.05, 0.1) is 0 Å². The van der Waals surface area contributed by atoms with Gasteiger partial charge in [-0.2, -0.15) is 0 Å². The van der Waals surface area contributed by atoms with Gasteiger partial charge in [0.2, 0.25) is 0 Å². The molecule has 2 nitrogen and oxygen atoms in total. The quantitative estimate of drug-likeness (QED) is 0.592. The maximum absolute atomic E-state index is 3.94. The van der Waals surface area contributed by atoms with Crippen molar-refractivity contribution < 1.29 is 8.47 Å². The Balaban J connectivity index is 2.41. The van der Waals surface area contributed by atoms with E-state index >= 15 is 0 Å². The van der Waals surface area contributed by atoms with E-state index in [0.717, 1.165) is 0 Å². The van der Waals surface area contributed by atoms with Gasteiger partial charge in [-0.15, -0.1) is 0 Å². The van der Waals surface area contributed by atoms with Crippen molar-refractivity contribution in [1.82, 2.24) is 0 Å². The molecule has 0 aliphatic rings. The number of aryl methyl sites for hydroxylation is 2. The molecule has 90 valence electrons. The third-order valence-corrected chi connectivity index (χ3v) is 8.83. The third-order valence-electron chi connectivity index (χ3n) is 3.13. The van der Waals surface area contributed by atoms with E-state index in [9.17, 15) is 0 Å². The van der Waals surface area contributed by atoms with E-state index in [2.05, 4.69) is 93.2 Å². The zero-order chi connectivity index (χ0) is 12.5. The maximum atomic E-state index is 3.94. The summed E-state index contributed by atoms with van der Waals surface area (Å²) in [6, 6.07) is 8.59. The van der Waals surface area contributed by atoms with Gasteiger partial charge in [-0.05, 0) is 0 Å². The number of hydrogen-bond acceptors (Lipinski definition) is 0. The van der Waals surface area contributed by atoms with Crippen LogP contribution in [0.5, 0.6) is 0 Å². The van der Waals surface area contributed by atoms with E-state index in [-0.39, 0.29) is 0 Å². The van der Waals surface area contributed by atoms with Crippen LogP contribution in [0.4, 0.5) is 0 Å². The minimum absolute atomic E-state index is 1.29. The zero-order valence-electron chi connectivity index (χ0n) is 10.5. The second-order valence-electron chi connectivity index (χ2n) is 4.69. The van der Waals surface area contributed by atoms with Crippen LogP contribution in [-0.4, -0.2) is 7.02 Å². The SMILES string of the molecule is Cc1cc[n+]([SiH-](C)(Br)[n+]2ccc(C)cc2)cc1. The van der Waals surface area contributed by atoms with Gasteiger partial charge in [0.1, 0.15) is 0 Å². The van der Waals surface area contributed by atoms with Crippen molar-refractivity contribution in [1.29, 1.82) is 0 Å². The summed E-state index contributed by atoms with van der Waals surface area (Å²) in [5.74, 6) is 0. The standard InChI is InChI=1S/C13H18BrN2Si/c1-12-4-8-15(9-5-12)17(3,14)16-10-6-13(2)7-11-16/h4-11,17H,1-3H3/q+1. The number of halogens is 1. The second-order valence-corrected chi connectivity index (χ2v) is 13.2. The number of hydrogen-bond donors (Lipinski definition) is 0. The van der Waals surface area contributed by atoms with Crippen LogP contribution in [0.15, 0.2) is 49.1 Å². The minimum atomic E-state index is -2.17. The van der Waals surface area contributed by atoms with Crippen LogP contribution < -0.4 is 8.47 Å². The molecule has 0 saturated carbocycles. The Kier molecular flexibility index (Phi) is 3.44. The Labute approximate surface area is 111 Å². The first kappa shape index (κ1) is 12.5. The first-order chi connectivity index (χ1) is 8.00. The van der Waals surface area contributed by atoms with Gasteiger partial charge in [-0.3, -0.25) is 0 Å². The monoisotopic (exact) mass is 309 g/mol. The molecule has 2 rings (SSSR count). The molecule has 0 atom stereocenters. The summed E-state index contributed by atoms with van der Waals surface area (Å²) < 4.78 is 4.60. The molecule has 0 amide bonds. The van der Waals surface area contributed by atoms with Crippen LogP contribution in [0.1, 0.15) is 11.1 Å². The average molecular weight is 310 g/mol. The molecule has 2 heterocycles. The molecule has 0 unspecified atom stereocenters. The van der Waals surface area contributed by atoms with Gasteiger partial charge in [-0.1, -0.05) is 0 Å². The van der Waals surface area contributed by atoms with Gasteiger partial charge in [0.15, 0.2) is 0 Å². The number of rotatable bonds is 2. The van der Waals surface area contributed by atoms with E-state index in [1.165, 1.54) is 11.1 Å². The Bertz CT molecular complexity index is 458. The summed E-state index contributed by atoms with van der Waals surface area (Å²) >= 11 is 3.94. The van der Waals surface area contributed by atoms with Crippen molar-refractivity contribution >= 4 is 22.3 Å². The third kappa shape index (κ3) is 2.64. The molecule has 0 spiro atoms. The van der Waals surface area contributed by atoms with E-state index in [0.29, 0.717) is 0 Å². The molecule has 0 fully saturated rings. The number of pyridine rings is 2. The summed E-state index contributed by atoms with van der Waals surface area (Å²) in [7, 11) is -2.17. The first-order valence-corrected chi connectivity index (χ1v) is 11.2. The van der Waals surface area contributed by atoms with Crippen molar-refractivity contribution in [3.63, 3.8) is 0 Å². The van der Waals surface area contributed by atoms with Crippen molar-refractivity contribution in [3.05, 3.63) is 60.2 Å². The number of aromatic nitrogens is 2. The van der Waals surface area contributed by atoms with Crippen molar-refractivity contribution in [2.75, 3.05) is 0 Å². The van der Waals surface area contributed by atoms with E-state index < -0.39 is 7.02 Å². The summed E-state index contributed by atoms with van der Waals surface area (Å²) in [5.41, 5.74) is 2.58. The van der Waals surface area contributed by atoms with Crippen molar-refractivity contribution in [3.8, 4) is 0 Å². The van der Waals surface area contributed by atoms with E-state index in [1.54, 1.807) is 0 Å². The fourth-order valence-corrected chi connectivity index (χ4v) is 5.35. The molecule has 0 aliphatic carbocycles. The fraction of sp³-hybridized carbons (Fsp3) is 0.231. The molecule has 0 N–H and O–H groups in total. The average Bonchev–Trinajstić information content (AvgIpc) is 2.30.